The molecule has 194 valence electrons. The van der Waals surface area contributed by atoms with Gasteiger partial charge < -0.3 is 19.9 Å². The summed E-state index contributed by atoms with van der Waals surface area (Å²) in [5.74, 6) is -2.74. The van der Waals surface area contributed by atoms with Gasteiger partial charge in [0.05, 0.1) is 23.9 Å². The Hall–Kier alpha value is -3.45. The molecule has 0 aliphatic rings. The lowest BCUT2D eigenvalue weighted by atomic mass is 10.1. The van der Waals surface area contributed by atoms with E-state index in [-0.39, 0.29) is 33.8 Å². The van der Waals surface area contributed by atoms with Gasteiger partial charge in [-0.25, -0.2) is 19.0 Å². The third kappa shape index (κ3) is 5.85. The van der Waals surface area contributed by atoms with Crippen molar-refractivity contribution < 1.29 is 36.9 Å². The molecule has 0 saturated carbocycles. The third-order valence-corrected chi connectivity index (χ3v) is 5.22. The fourth-order valence-corrected chi connectivity index (χ4v) is 3.57. The van der Waals surface area contributed by atoms with Gasteiger partial charge in [-0.15, -0.1) is 0 Å². The highest BCUT2D eigenvalue weighted by Crippen LogP contribution is 2.35. The number of aryl methyl sites for hydroxylation is 2. The van der Waals surface area contributed by atoms with E-state index in [0.29, 0.717) is 11.6 Å². The van der Waals surface area contributed by atoms with E-state index in [2.05, 4.69) is 20.4 Å². The maximum atomic E-state index is 15.1. The SMILES string of the molecule is COc1ncc(C)c(NC(=O)c2cc(F)c(-c3nc(C(C)(C)O)n(C)n3)cc2OCC(F)(F)F)c1Cl. The fourth-order valence-electron chi connectivity index (χ4n) is 3.25. The second-order valence-corrected chi connectivity index (χ2v) is 8.65. The summed E-state index contributed by atoms with van der Waals surface area (Å²) in [4.78, 5) is 21.1. The van der Waals surface area contributed by atoms with Gasteiger partial charge in [-0.1, -0.05) is 11.6 Å². The number of alkyl halides is 3. The molecular formula is C22H22ClF4N5O4. The minimum absolute atomic E-state index is 0.00326. The van der Waals surface area contributed by atoms with Crippen molar-refractivity contribution in [2.45, 2.75) is 32.5 Å². The monoisotopic (exact) mass is 531 g/mol. The van der Waals surface area contributed by atoms with E-state index in [9.17, 15) is 23.1 Å². The molecule has 0 radical (unpaired) electrons. The second kappa shape index (κ2) is 9.90. The molecule has 0 bridgehead atoms. The second-order valence-electron chi connectivity index (χ2n) is 8.27. The van der Waals surface area contributed by atoms with Crippen molar-refractivity contribution in [2.75, 3.05) is 19.0 Å². The first kappa shape index (κ1) is 27.1. The molecule has 9 nitrogen and oxygen atoms in total. The molecule has 14 heteroatoms. The van der Waals surface area contributed by atoms with Gasteiger partial charge in [-0.3, -0.25) is 4.79 Å². The number of amides is 1. The predicted octanol–water partition coefficient (Wildman–Crippen LogP) is 4.41. The summed E-state index contributed by atoms with van der Waals surface area (Å²) in [6.45, 7) is 2.70. The molecular weight excluding hydrogens is 510 g/mol. The zero-order valence-corrected chi connectivity index (χ0v) is 20.5. The zero-order chi connectivity index (χ0) is 27.0. The third-order valence-electron chi connectivity index (χ3n) is 4.87. The molecule has 0 atom stereocenters. The lowest BCUT2D eigenvalue weighted by Crippen LogP contribution is -2.22. The molecule has 0 aliphatic carbocycles. The molecule has 0 unspecified atom stereocenters. The number of nitrogens with zero attached hydrogens (tertiary/aromatic N) is 4. The first-order valence-electron chi connectivity index (χ1n) is 10.3. The first-order chi connectivity index (χ1) is 16.6. The molecule has 0 spiro atoms. The Morgan fingerprint density at radius 2 is 1.94 bits per heavy atom. The topological polar surface area (TPSA) is 111 Å². The number of carbonyl (C=O) groups is 1. The Balaban J connectivity index is 2.09. The van der Waals surface area contributed by atoms with E-state index in [0.717, 1.165) is 6.07 Å². The summed E-state index contributed by atoms with van der Waals surface area (Å²) in [5.41, 5.74) is -1.82. The average molecular weight is 532 g/mol. The number of aromatic nitrogens is 4. The van der Waals surface area contributed by atoms with Crippen LogP contribution in [0.5, 0.6) is 11.6 Å². The highest BCUT2D eigenvalue weighted by molar-refractivity contribution is 6.35. The number of rotatable bonds is 7. The summed E-state index contributed by atoms with van der Waals surface area (Å²) < 4.78 is 64.9. The van der Waals surface area contributed by atoms with Gasteiger partial charge in [0, 0.05) is 13.2 Å². The summed E-state index contributed by atoms with van der Waals surface area (Å²) in [7, 11) is 2.76. The van der Waals surface area contributed by atoms with E-state index in [4.69, 9.17) is 21.1 Å². The Kier molecular flexibility index (Phi) is 7.46. The van der Waals surface area contributed by atoms with Gasteiger partial charge >= 0.3 is 6.18 Å². The molecule has 36 heavy (non-hydrogen) atoms. The highest BCUT2D eigenvalue weighted by atomic mass is 35.5. The van der Waals surface area contributed by atoms with E-state index in [1.165, 1.54) is 38.9 Å². The number of hydrogen-bond acceptors (Lipinski definition) is 7. The van der Waals surface area contributed by atoms with Crippen molar-refractivity contribution >= 4 is 23.2 Å². The Labute approximate surface area is 208 Å². The normalized spacial score (nSPS) is 12.0. The highest BCUT2D eigenvalue weighted by Gasteiger charge is 2.31. The molecule has 3 aromatic rings. The van der Waals surface area contributed by atoms with Gasteiger partial charge in [0.25, 0.3) is 5.91 Å². The van der Waals surface area contributed by atoms with Crippen molar-refractivity contribution in [3.8, 4) is 23.0 Å². The standard InChI is InChI=1S/C22H22ClF4N5O4/c1-10-8-28-19(35-5)15(23)16(10)29-18(33)12-6-13(24)11(7-14(12)36-9-22(25,26)27)17-30-20(21(2,3)34)32(4)31-17/h6-8,34H,9H2,1-5H3,(H,28,29,33). The number of halogens is 5. The average Bonchev–Trinajstić information content (AvgIpc) is 3.16. The molecule has 0 saturated heterocycles. The molecule has 2 N–H and O–H groups in total. The quantitative estimate of drug-likeness (QED) is 0.434. The number of pyridine rings is 1. The lowest BCUT2D eigenvalue weighted by molar-refractivity contribution is -0.153. The number of anilines is 1. The number of benzene rings is 1. The number of methoxy groups -OCH3 is 1. The smallest absolute Gasteiger partial charge is 0.422 e. The van der Waals surface area contributed by atoms with Crippen molar-refractivity contribution in [2.24, 2.45) is 7.05 Å². The number of ether oxygens (including phenoxy) is 2. The van der Waals surface area contributed by atoms with Gasteiger partial charge in [0.15, 0.2) is 18.3 Å². The molecule has 0 aliphatic heterocycles. The van der Waals surface area contributed by atoms with Crippen LogP contribution in [-0.4, -0.2) is 50.7 Å². The van der Waals surface area contributed by atoms with Gasteiger partial charge in [0.2, 0.25) is 5.88 Å². The van der Waals surface area contributed by atoms with Crippen LogP contribution in [0.25, 0.3) is 11.4 Å². The summed E-state index contributed by atoms with van der Waals surface area (Å²) in [6.07, 6.45) is -3.38. The maximum absolute atomic E-state index is 15.1. The van der Waals surface area contributed by atoms with Crippen LogP contribution in [0, 0.1) is 12.7 Å². The van der Waals surface area contributed by atoms with Crippen LogP contribution in [0.3, 0.4) is 0 Å². The fraction of sp³-hybridized carbons (Fsp3) is 0.364. The number of hydrogen-bond donors (Lipinski definition) is 2. The Morgan fingerprint density at radius 1 is 1.28 bits per heavy atom. The van der Waals surface area contributed by atoms with Crippen LogP contribution in [-0.2, 0) is 12.6 Å². The van der Waals surface area contributed by atoms with E-state index in [1.54, 1.807) is 6.92 Å². The lowest BCUT2D eigenvalue weighted by Gasteiger charge is -2.16. The van der Waals surface area contributed by atoms with E-state index >= 15 is 4.39 Å². The van der Waals surface area contributed by atoms with Crippen molar-refractivity contribution in [1.29, 1.82) is 0 Å². The molecule has 2 heterocycles. The van der Waals surface area contributed by atoms with Crippen LogP contribution in [0.15, 0.2) is 18.3 Å². The predicted molar refractivity (Wildman–Crippen MR) is 122 cm³/mol. The Bertz CT molecular complexity index is 1310. The zero-order valence-electron chi connectivity index (χ0n) is 19.8. The molecule has 3 rings (SSSR count). The van der Waals surface area contributed by atoms with Crippen molar-refractivity contribution in [3.05, 3.63) is 46.1 Å². The van der Waals surface area contributed by atoms with Crippen molar-refractivity contribution in [1.82, 2.24) is 19.7 Å². The molecule has 1 amide bonds. The summed E-state index contributed by atoms with van der Waals surface area (Å²) in [5, 5.41) is 16.6. The minimum Gasteiger partial charge on any atom is -0.483 e. The maximum Gasteiger partial charge on any atom is 0.422 e. The summed E-state index contributed by atoms with van der Waals surface area (Å²) in [6, 6.07) is 1.60. The number of aliphatic hydroxyl groups is 1. The van der Waals surface area contributed by atoms with E-state index in [1.807, 2.05) is 0 Å². The molecule has 1 aromatic carbocycles. The molecule has 2 aromatic heterocycles. The summed E-state index contributed by atoms with van der Waals surface area (Å²) >= 11 is 6.20. The van der Waals surface area contributed by atoms with Gasteiger partial charge in [0.1, 0.15) is 22.2 Å². The number of nitrogens with one attached hydrogen (secondary N) is 1. The largest absolute Gasteiger partial charge is 0.483 e. The van der Waals surface area contributed by atoms with Crippen LogP contribution in [0.2, 0.25) is 5.02 Å². The van der Waals surface area contributed by atoms with Gasteiger partial charge in [-0.2, -0.15) is 18.3 Å². The van der Waals surface area contributed by atoms with Crippen LogP contribution >= 0.6 is 11.6 Å². The Morgan fingerprint density at radius 3 is 2.50 bits per heavy atom. The van der Waals surface area contributed by atoms with Gasteiger partial charge in [-0.05, 0) is 38.5 Å². The molecule has 0 fully saturated rings. The minimum atomic E-state index is -4.74. The van der Waals surface area contributed by atoms with Crippen LogP contribution < -0.4 is 14.8 Å². The number of carbonyl (C=O) groups excluding carboxylic acids is 1. The van der Waals surface area contributed by atoms with E-state index < -0.39 is 41.4 Å². The van der Waals surface area contributed by atoms with Crippen LogP contribution in [0.1, 0.15) is 35.6 Å². The van der Waals surface area contributed by atoms with Crippen molar-refractivity contribution in [3.63, 3.8) is 0 Å². The van der Waals surface area contributed by atoms with Crippen LogP contribution in [0.4, 0.5) is 23.2 Å². The first-order valence-corrected chi connectivity index (χ1v) is 10.7.